The lowest BCUT2D eigenvalue weighted by atomic mass is 10.1. The first-order chi connectivity index (χ1) is 9.22. The van der Waals surface area contributed by atoms with Crippen LogP contribution in [0.2, 0.25) is 0 Å². The largest absolute Gasteiger partial charge is 0.372 e. The minimum atomic E-state index is -0.00130. The first kappa shape index (κ1) is 15.9. The molecule has 1 aliphatic heterocycles. The monoisotopic (exact) mass is 267 g/mol. The summed E-state index contributed by atoms with van der Waals surface area (Å²) in [7, 11) is 0. The zero-order valence-corrected chi connectivity index (χ0v) is 12.1. The second kappa shape index (κ2) is 8.89. The summed E-state index contributed by atoms with van der Waals surface area (Å²) in [5.41, 5.74) is 0. The third-order valence-corrected chi connectivity index (χ3v) is 3.39. The molecule has 1 heterocycles. The van der Waals surface area contributed by atoms with E-state index in [-0.39, 0.29) is 18.6 Å². The standard InChI is InChI=1S/C14H25N3O2/c1-3-5-13(11-15)16-6-8-17(9-7-16)14(18)12-19-10-4-2/h13H,3-10,12H2,1-2H3. The van der Waals surface area contributed by atoms with E-state index in [9.17, 15) is 4.79 Å². The number of nitriles is 1. The number of nitrogens with zero attached hydrogens (tertiary/aromatic N) is 3. The minimum Gasteiger partial charge on any atom is -0.372 e. The summed E-state index contributed by atoms with van der Waals surface area (Å²) in [6.07, 6.45) is 2.86. The first-order valence-corrected chi connectivity index (χ1v) is 7.22. The molecule has 108 valence electrons. The van der Waals surface area contributed by atoms with Crippen molar-refractivity contribution >= 4 is 5.91 Å². The molecular weight excluding hydrogens is 242 g/mol. The summed E-state index contributed by atoms with van der Waals surface area (Å²) in [5, 5.41) is 9.14. The molecule has 0 N–H and O–H groups in total. The number of carbonyl (C=O) groups excluding carboxylic acids is 1. The Kier molecular flexibility index (Phi) is 7.46. The number of ether oxygens (including phenoxy) is 1. The average molecular weight is 267 g/mol. The van der Waals surface area contributed by atoms with E-state index < -0.39 is 0 Å². The second-order valence-corrected chi connectivity index (χ2v) is 4.90. The van der Waals surface area contributed by atoms with Crippen molar-refractivity contribution < 1.29 is 9.53 Å². The Bertz CT molecular complexity index is 306. The molecule has 0 aromatic rings. The molecule has 0 spiro atoms. The number of carbonyl (C=O) groups is 1. The van der Waals surface area contributed by atoms with E-state index in [0.29, 0.717) is 19.7 Å². The number of hydrogen-bond donors (Lipinski definition) is 0. The Morgan fingerprint density at radius 2 is 1.95 bits per heavy atom. The van der Waals surface area contributed by atoms with Gasteiger partial charge < -0.3 is 9.64 Å². The molecule has 1 aliphatic rings. The summed E-state index contributed by atoms with van der Waals surface area (Å²) in [4.78, 5) is 15.9. The number of piperazine rings is 1. The highest BCUT2D eigenvalue weighted by molar-refractivity contribution is 5.77. The molecule has 0 radical (unpaired) electrons. The van der Waals surface area contributed by atoms with E-state index in [1.54, 1.807) is 0 Å². The number of rotatable bonds is 7. The molecular formula is C14H25N3O2. The molecule has 0 bridgehead atoms. The lowest BCUT2D eigenvalue weighted by Crippen LogP contribution is -2.52. The lowest BCUT2D eigenvalue weighted by Gasteiger charge is -2.36. The maximum atomic E-state index is 11.9. The third-order valence-electron chi connectivity index (χ3n) is 3.39. The van der Waals surface area contributed by atoms with Gasteiger partial charge in [-0.3, -0.25) is 9.69 Å². The van der Waals surface area contributed by atoms with Crippen LogP contribution in [-0.4, -0.2) is 61.1 Å². The maximum absolute atomic E-state index is 11.9. The average Bonchev–Trinajstić information content (AvgIpc) is 2.45. The van der Waals surface area contributed by atoms with Crippen LogP contribution in [0, 0.1) is 11.3 Å². The first-order valence-electron chi connectivity index (χ1n) is 7.22. The van der Waals surface area contributed by atoms with Gasteiger partial charge in [0.25, 0.3) is 0 Å². The van der Waals surface area contributed by atoms with Crippen LogP contribution in [0.25, 0.3) is 0 Å². The molecule has 5 heteroatoms. The van der Waals surface area contributed by atoms with Gasteiger partial charge in [0.05, 0.1) is 12.1 Å². The van der Waals surface area contributed by atoms with Crippen molar-refractivity contribution in [1.82, 2.24) is 9.80 Å². The highest BCUT2D eigenvalue weighted by Gasteiger charge is 2.25. The number of hydrogen-bond acceptors (Lipinski definition) is 4. The van der Waals surface area contributed by atoms with Gasteiger partial charge in [-0.15, -0.1) is 0 Å². The zero-order valence-electron chi connectivity index (χ0n) is 12.1. The molecule has 0 aromatic heterocycles. The van der Waals surface area contributed by atoms with E-state index in [1.165, 1.54) is 0 Å². The van der Waals surface area contributed by atoms with Crippen molar-refractivity contribution in [3.05, 3.63) is 0 Å². The summed E-state index contributed by atoms with van der Waals surface area (Å²) >= 11 is 0. The van der Waals surface area contributed by atoms with Gasteiger partial charge in [0, 0.05) is 32.8 Å². The van der Waals surface area contributed by atoms with Crippen LogP contribution < -0.4 is 0 Å². The molecule has 1 fully saturated rings. The highest BCUT2D eigenvalue weighted by Crippen LogP contribution is 2.10. The van der Waals surface area contributed by atoms with E-state index in [4.69, 9.17) is 10.00 Å². The molecule has 1 rings (SSSR count). The molecule has 1 atom stereocenters. The van der Waals surface area contributed by atoms with E-state index in [1.807, 2.05) is 11.8 Å². The third kappa shape index (κ3) is 5.17. The van der Waals surface area contributed by atoms with Gasteiger partial charge in [-0.2, -0.15) is 5.26 Å². The van der Waals surface area contributed by atoms with Gasteiger partial charge in [-0.25, -0.2) is 0 Å². The molecule has 0 saturated carbocycles. The van der Waals surface area contributed by atoms with Crippen LogP contribution in [0.5, 0.6) is 0 Å². The molecule has 0 aliphatic carbocycles. The smallest absolute Gasteiger partial charge is 0.248 e. The van der Waals surface area contributed by atoms with Crippen LogP contribution in [0.1, 0.15) is 33.1 Å². The molecule has 19 heavy (non-hydrogen) atoms. The fourth-order valence-corrected chi connectivity index (χ4v) is 2.28. The zero-order chi connectivity index (χ0) is 14.1. The van der Waals surface area contributed by atoms with E-state index in [2.05, 4.69) is 17.9 Å². The molecule has 5 nitrogen and oxygen atoms in total. The van der Waals surface area contributed by atoms with Crippen molar-refractivity contribution in [1.29, 1.82) is 5.26 Å². The van der Waals surface area contributed by atoms with Crippen molar-refractivity contribution in [2.45, 2.75) is 39.2 Å². The topological polar surface area (TPSA) is 56.6 Å². The minimum absolute atomic E-state index is 0.00130. The van der Waals surface area contributed by atoms with Crippen LogP contribution >= 0.6 is 0 Å². The maximum Gasteiger partial charge on any atom is 0.248 e. The van der Waals surface area contributed by atoms with Gasteiger partial charge in [0.1, 0.15) is 6.61 Å². The molecule has 0 aromatic carbocycles. The van der Waals surface area contributed by atoms with Crippen molar-refractivity contribution in [2.24, 2.45) is 0 Å². The molecule has 1 unspecified atom stereocenters. The van der Waals surface area contributed by atoms with E-state index >= 15 is 0 Å². The van der Waals surface area contributed by atoms with Crippen LogP contribution in [-0.2, 0) is 9.53 Å². The Hall–Kier alpha value is -1.12. The predicted molar refractivity (Wildman–Crippen MR) is 73.6 cm³/mol. The fraction of sp³-hybridized carbons (Fsp3) is 0.857. The summed E-state index contributed by atoms with van der Waals surface area (Å²) in [6, 6.07) is 2.36. The summed E-state index contributed by atoms with van der Waals surface area (Å²) in [6.45, 7) is 7.93. The van der Waals surface area contributed by atoms with Gasteiger partial charge in [-0.1, -0.05) is 20.3 Å². The summed E-state index contributed by atoms with van der Waals surface area (Å²) < 4.78 is 5.27. The van der Waals surface area contributed by atoms with E-state index in [0.717, 1.165) is 32.4 Å². The lowest BCUT2D eigenvalue weighted by molar-refractivity contribution is -0.138. The fourth-order valence-electron chi connectivity index (χ4n) is 2.28. The molecule has 1 saturated heterocycles. The summed E-state index contributed by atoms with van der Waals surface area (Å²) in [5.74, 6) is 0.0668. The SMILES string of the molecule is CCCOCC(=O)N1CCN(C(C#N)CCC)CC1. The quantitative estimate of drug-likeness (QED) is 0.651. The van der Waals surface area contributed by atoms with Gasteiger partial charge >= 0.3 is 0 Å². The highest BCUT2D eigenvalue weighted by atomic mass is 16.5. The van der Waals surface area contributed by atoms with Crippen LogP contribution in [0.4, 0.5) is 0 Å². The Balaban J connectivity index is 2.32. The number of amides is 1. The Morgan fingerprint density at radius 3 is 2.47 bits per heavy atom. The van der Waals surface area contributed by atoms with Gasteiger partial charge in [0.2, 0.25) is 5.91 Å². The van der Waals surface area contributed by atoms with Gasteiger partial charge in [0.15, 0.2) is 0 Å². The van der Waals surface area contributed by atoms with Crippen molar-refractivity contribution in [2.75, 3.05) is 39.4 Å². The second-order valence-electron chi connectivity index (χ2n) is 4.90. The molecule has 1 amide bonds. The predicted octanol–water partition coefficient (Wildman–Crippen LogP) is 1.25. The van der Waals surface area contributed by atoms with Crippen molar-refractivity contribution in [3.63, 3.8) is 0 Å². The van der Waals surface area contributed by atoms with Crippen molar-refractivity contribution in [3.8, 4) is 6.07 Å². The Morgan fingerprint density at radius 1 is 1.26 bits per heavy atom. The van der Waals surface area contributed by atoms with Crippen LogP contribution in [0.3, 0.4) is 0 Å². The van der Waals surface area contributed by atoms with Gasteiger partial charge in [-0.05, 0) is 12.8 Å². The normalized spacial score (nSPS) is 18.1. The van der Waals surface area contributed by atoms with Crippen LogP contribution in [0.15, 0.2) is 0 Å². The Labute approximate surface area is 116 Å².